The maximum Gasteiger partial charge on any atom is 0.223 e. The van der Waals surface area contributed by atoms with Crippen LogP contribution in [0.15, 0.2) is 5.38 Å². The van der Waals surface area contributed by atoms with Crippen LogP contribution in [-0.4, -0.2) is 48.1 Å². The maximum absolute atomic E-state index is 12.7. The van der Waals surface area contributed by atoms with Crippen molar-refractivity contribution < 1.29 is 9.18 Å². The van der Waals surface area contributed by atoms with Gasteiger partial charge in [0.1, 0.15) is 0 Å². The molecule has 20 heavy (non-hydrogen) atoms. The van der Waals surface area contributed by atoms with Gasteiger partial charge >= 0.3 is 0 Å². The zero-order chi connectivity index (χ0) is 14.1. The number of alkyl halides is 1. The number of aryl methyl sites for hydroxylation is 1. The number of amides is 1. The first kappa shape index (κ1) is 13.8. The summed E-state index contributed by atoms with van der Waals surface area (Å²) in [6.07, 6.45) is 2.31. The molecule has 2 fully saturated rings. The highest BCUT2D eigenvalue weighted by molar-refractivity contribution is 7.13. The molecule has 1 unspecified atom stereocenters. The second-order valence-corrected chi connectivity index (χ2v) is 6.60. The van der Waals surface area contributed by atoms with Crippen molar-refractivity contribution >= 4 is 22.4 Å². The van der Waals surface area contributed by atoms with Gasteiger partial charge in [-0.05, 0) is 19.8 Å². The van der Waals surface area contributed by atoms with E-state index in [2.05, 4.69) is 15.3 Å². The van der Waals surface area contributed by atoms with Gasteiger partial charge in [0.15, 0.2) is 5.13 Å². The molecule has 0 radical (unpaired) electrons. The molecule has 6 heteroatoms. The lowest BCUT2D eigenvalue weighted by Gasteiger charge is -2.36. The molecule has 3 rings (SSSR count). The molecule has 2 aliphatic rings. The Morgan fingerprint density at radius 3 is 2.75 bits per heavy atom. The van der Waals surface area contributed by atoms with Gasteiger partial charge in [0.05, 0.1) is 12.4 Å². The van der Waals surface area contributed by atoms with Crippen molar-refractivity contribution in [3.63, 3.8) is 0 Å². The van der Waals surface area contributed by atoms with E-state index in [-0.39, 0.29) is 24.5 Å². The molecule has 3 heterocycles. The van der Waals surface area contributed by atoms with E-state index in [9.17, 15) is 9.18 Å². The van der Waals surface area contributed by atoms with Crippen LogP contribution in [0.25, 0.3) is 0 Å². The predicted octanol–water partition coefficient (Wildman–Crippen LogP) is 2.24. The van der Waals surface area contributed by atoms with Crippen molar-refractivity contribution in [3.8, 4) is 0 Å². The third-order valence-electron chi connectivity index (χ3n) is 4.24. The van der Waals surface area contributed by atoms with Gasteiger partial charge in [0.25, 0.3) is 0 Å². The molecule has 0 spiro atoms. The van der Waals surface area contributed by atoms with Crippen molar-refractivity contribution in [2.75, 3.05) is 31.2 Å². The Labute approximate surface area is 122 Å². The molecule has 1 atom stereocenters. The molecule has 2 saturated heterocycles. The molecule has 110 valence electrons. The third kappa shape index (κ3) is 2.66. The van der Waals surface area contributed by atoms with Gasteiger partial charge in [-0.3, -0.25) is 9.18 Å². The van der Waals surface area contributed by atoms with Crippen LogP contribution >= 0.6 is 11.3 Å². The van der Waals surface area contributed by atoms with Crippen molar-refractivity contribution in [2.45, 2.75) is 32.2 Å². The van der Waals surface area contributed by atoms with E-state index in [0.717, 1.165) is 36.8 Å². The average Bonchev–Trinajstić information content (AvgIpc) is 3.05. The predicted molar refractivity (Wildman–Crippen MR) is 77.9 cm³/mol. The molecular formula is C14H20FN3OS. The molecule has 0 aliphatic carbocycles. The van der Waals surface area contributed by atoms with Gasteiger partial charge in [-0.1, -0.05) is 0 Å². The van der Waals surface area contributed by atoms with E-state index < -0.39 is 0 Å². The molecule has 0 N–H and O–H groups in total. The number of rotatable bonds is 3. The van der Waals surface area contributed by atoms with Crippen LogP contribution in [0, 0.1) is 12.8 Å². The zero-order valence-electron chi connectivity index (χ0n) is 11.7. The molecule has 0 saturated carbocycles. The first-order valence-electron chi connectivity index (χ1n) is 7.20. The Morgan fingerprint density at radius 2 is 2.20 bits per heavy atom. The minimum absolute atomic E-state index is 0.0814. The summed E-state index contributed by atoms with van der Waals surface area (Å²) in [6.45, 7) is 4.10. The summed E-state index contributed by atoms with van der Waals surface area (Å²) in [5.74, 6) is 0.0540. The Morgan fingerprint density at radius 1 is 1.45 bits per heavy atom. The Kier molecular flexibility index (Phi) is 3.92. The van der Waals surface area contributed by atoms with E-state index in [0.29, 0.717) is 13.0 Å². The fourth-order valence-electron chi connectivity index (χ4n) is 3.12. The number of hydrogen-bond acceptors (Lipinski definition) is 4. The number of anilines is 1. The van der Waals surface area contributed by atoms with Crippen LogP contribution in [0.3, 0.4) is 0 Å². The minimum Gasteiger partial charge on any atom is -0.348 e. The third-order valence-corrected chi connectivity index (χ3v) is 5.26. The fraction of sp³-hybridized carbons (Fsp3) is 0.714. The molecular weight excluding hydrogens is 277 g/mol. The number of thiazole rings is 1. The molecule has 2 aliphatic heterocycles. The highest BCUT2D eigenvalue weighted by atomic mass is 32.1. The van der Waals surface area contributed by atoms with Crippen LogP contribution in [0.4, 0.5) is 9.52 Å². The van der Waals surface area contributed by atoms with E-state index in [1.165, 1.54) is 0 Å². The summed E-state index contributed by atoms with van der Waals surface area (Å²) in [5.41, 5.74) is 1.06. The zero-order valence-corrected chi connectivity index (χ0v) is 12.5. The molecule has 0 bridgehead atoms. The highest BCUT2D eigenvalue weighted by Crippen LogP contribution is 2.29. The molecule has 1 amide bonds. The topological polar surface area (TPSA) is 36.4 Å². The Bertz CT molecular complexity index is 485. The molecule has 0 aromatic carbocycles. The van der Waals surface area contributed by atoms with Gasteiger partial charge in [-0.25, -0.2) is 4.98 Å². The number of likely N-dealkylation sites (tertiary alicyclic amines) is 1. The van der Waals surface area contributed by atoms with Gasteiger partial charge in [-0.2, -0.15) is 0 Å². The summed E-state index contributed by atoms with van der Waals surface area (Å²) in [4.78, 5) is 20.6. The van der Waals surface area contributed by atoms with Gasteiger partial charge in [0, 0.05) is 43.4 Å². The van der Waals surface area contributed by atoms with Crippen LogP contribution in [0.5, 0.6) is 0 Å². The molecule has 1 aromatic heterocycles. The van der Waals surface area contributed by atoms with Crippen LogP contribution in [0.2, 0.25) is 0 Å². The van der Waals surface area contributed by atoms with Crippen molar-refractivity contribution in [1.29, 1.82) is 0 Å². The Hall–Kier alpha value is -1.17. The summed E-state index contributed by atoms with van der Waals surface area (Å²) >= 11 is 1.68. The number of piperidine rings is 1. The van der Waals surface area contributed by atoms with Crippen LogP contribution < -0.4 is 4.90 Å². The van der Waals surface area contributed by atoms with Crippen molar-refractivity contribution in [3.05, 3.63) is 11.1 Å². The SMILES string of the molecule is Cc1csc(N2CCC(N3CC(CF)CC3=O)CC2)n1. The second-order valence-electron chi connectivity index (χ2n) is 5.76. The van der Waals surface area contributed by atoms with E-state index in [1.54, 1.807) is 11.3 Å². The molecule has 4 nitrogen and oxygen atoms in total. The lowest BCUT2D eigenvalue weighted by molar-refractivity contribution is -0.130. The standard InChI is InChI=1S/C14H20FN3OS/c1-10-9-20-14(16-10)17-4-2-12(3-5-17)18-8-11(7-15)6-13(18)19/h9,11-12H,2-8H2,1H3. The number of aromatic nitrogens is 1. The van der Waals surface area contributed by atoms with Gasteiger partial charge in [-0.15, -0.1) is 11.3 Å². The van der Waals surface area contributed by atoms with Gasteiger partial charge < -0.3 is 9.80 Å². The summed E-state index contributed by atoms with van der Waals surface area (Å²) < 4.78 is 12.7. The Balaban J connectivity index is 1.57. The number of carbonyl (C=O) groups excluding carboxylic acids is 1. The normalized spacial score (nSPS) is 24.7. The first-order valence-corrected chi connectivity index (χ1v) is 8.08. The number of carbonyl (C=O) groups is 1. The van der Waals surface area contributed by atoms with E-state index in [1.807, 2.05) is 11.8 Å². The number of hydrogen-bond donors (Lipinski definition) is 0. The number of nitrogens with zero attached hydrogens (tertiary/aromatic N) is 3. The quantitative estimate of drug-likeness (QED) is 0.858. The average molecular weight is 297 g/mol. The summed E-state index contributed by atoms with van der Waals surface area (Å²) in [6, 6.07) is 0.288. The van der Waals surface area contributed by atoms with Crippen molar-refractivity contribution in [2.24, 2.45) is 5.92 Å². The van der Waals surface area contributed by atoms with Crippen LogP contribution in [-0.2, 0) is 4.79 Å². The molecule has 1 aromatic rings. The highest BCUT2D eigenvalue weighted by Gasteiger charge is 2.35. The smallest absolute Gasteiger partial charge is 0.223 e. The summed E-state index contributed by atoms with van der Waals surface area (Å²) in [5, 5.41) is 3.15. The second kappa shape index (κ2) is 5.68. The number of halogens is 1. The van der Waals surface area contributed by atoms with Crippen molar-refractivity contribution in [1.82, 2.24) is 9.88 Å². The van der Waals surface area contributed by atoms with Gasteiger partial charge in [0.2, 0.25) is 5.91 Å². The summed E-state index contributed by atoms with van der Waals surface area (Å²) in [7, 11) is 0. The fourth-order valence-corrected chi connectivity index (χ4v) is 3.98. The largest absolute Gasteiger partial charge is 0.348 e. The minimum atomic E-state index is -0.376. The monoisotopic (exact) mass is 297 g/mol. The van der Waals surface area contributed by atoms with E-state index in [4.69, 9.17) is 0 Å². The maximum atomic E-state index is 12.7. The van der Waals surface area contributed by atoms with E-state index >= 15 is 0 Å². The lowest BCUT2D eigenvalue weighted by atomic mass is 10.0. The lowest BCUT2D eigenvalue weighted by Crippen LogP contribution is -2.45. The first-order chi connectivity index (χ1) is 9.67. The van der Waals surface area contributed by atoms with Crippen LogP contribution in [0.1, 0.15) is 25.0 Å².